The fraction of sp³-hybridized carbons (Fsp3) is 0.167. The van der Waals surface area contributed by atoms with Crippen LogP contribution in [0, 0.1) is 12.7 Å². The van der Waals surface area contributed by atoms with Crippen LogP contribution in [0.4, 0.5) is 10.1 Å². The van der Waals surface area contributed by atoms with Crippen LogP contribution < -0.4 is 11.1 Å². The summed E-state index contributed by atoms with van der Waals surface area (Å²) in [5.74, 6) is -0.996. The van der Waals surface area contributed by atoms with Gasteiger partial charge in [0.25, 0.3) is 5.91 Å². The van der Waals surface area contributed by atoms with E-state index in [1.807, 2.05) is 0 Å². The van der Waals surface area contributed by atoms with Gasteiger partial charge in [-0.15, -0.1) is 0 Å². The number of halogens is 2. The third kappa shape index (κ3) is 3.16. The SMILES string of the molecule is CN=C(C=CN)C(=O)Nc1ccc(Br)c(C)c1F. The van der Waals surface area contributed by atoms with Gasteiger partial charge in [-0.1, -0.05) is 15.9 Å². The summed E-state index contributed by atoms with van der Waals surface area (Å²) in [5.41, 5.74) is 5.84. The number of aliphatic imine (C=N–C) groups is 1. The van der Waals surface area contributed by atoms with Crippen LogP contribution in [0.15, 0.2) is 33.9 Å². The average Bonchev–Trinajstić information content (AvgIpc) is 2.36. The number of rotatable bonds is 3. The molecule has 0 radical (unpaired) electrons. The zero-order chi connectivity index (χ0) is 13.7. The number of nitrogens with two attached hydrogens (primary N) is 1. The number of nitrogens with zero attached hydrogens (tertiary/aromatic N) is 1. The Bertz CT molecular complexity index is 526. The molecule has 0 aliphatic heterocycles. The topological polar surface area (TPSA) is 67.5 Å². The van der Waals surface area contributed by atoms with Gasteiger partial charge in [-0.05, 0) is 31.3 Å². The van der Waals surface area contributed by atoms with Crippen molar-refractivity contribution in [2.45, 2.75) is 6.92 Å². The molecule has 0 aromatic heterocycles. The minimum absolute atomic E-state index is 0.104. The predicted octanol–water partition coefficient (Wildman–Crippen LogP) is 2.38. The van der Waals surface area contributed by atoms with Gasteiger partial charge in [0.2, 0.25) is 0 Å². The van der Waals surface area contributed by atoms with Crippen LogP contribution in [0.3, 0.4) is 0 Å². The van der Waals surface area contributed by atoms with Gasteiger partial charge in [0.05, 0.1) is 5.69 Å². The van der Waals surface area contributed by atoms with E-state index in [4.69, 9.17) is 5.73 Å². The lowest BCUT2D eigenvalue weighted by Crippen LogP contribution is -2.22. The number of carbonyl (C=O) groups is 1. The standard InChI is InChI=1S/C12H13BrFN3O/c1-7-8(13)3-4-9(11(7)14)17-12(18)10(16-2)5-6-15/h3-6H,15H2,1-2H3,(H,17,18). The number of hydrogen-bond acceptors (Lipinski definition) is 3. The van der Waals surface area contributed by atoms with Crippen LogP contribution in [-0.2, 0) is 4.79 Å². The minimum atomic E-state index is -0.514. The maximum atomic E-state index is 13.8. The van der Waals surface area contributed by atoms with Crippen molar-refractivity contribution in [3.8, 4) is 0 Å². The Labute approximate surface area is 113 Å². The summed E-state index contributed by atoms with van der Waals surface area (Å²) < 4.78 is 14.5. The van der Waals surface area contributed by atoms with E-state index in [2.05, 4.69) is 26.2 Å². The molecule has 96 valence electrons. The molecule has 3 N–H and O–H groups in total. The first-order valence-electron chi connectivity index (χ1n) is 5.12. The van der Waals surface area contributed by atoms with Crippen molar-refractivity contribution in [3.05, 3.63) is 40.3 Å². The van der Waals surface area contributed by atoms with Crippen molar-refractivity contribution in [2.75, 3.05) is 12.4 Å². The number of nitrogens with one attached hydrogen (secondary N) is 1. The second-order valence-corrected chi connectivity index (χ2v) is 4.31. The summed E-state index contributed by atoms with van der Waals surface area (Å²) >= 11 is 3.21. The molecule has 0 aliphatic carbocycles. The molecule has 0 bridgehead atoms. The zero-order valence-corrected chi connectivity index (χ0v) is 11.6. The normalized spacial score (nSPS) is 11.9. The molecule has 4 nitrogen and oxygen atoms in total. The summed E-state index contributed by atoms with van der Waals surface area (Å²) in [4.78, 5) is 15.5. The second-order valence-electron chi connectivity index (χ2n) is 3.46. The molecular formula is C12H13BrFN3O. The Morgan fingerprint density at radius 3 is 2.78 bits per heavy atom. The van der Waals surface area contributed by atoms with Crippen molar-refractivity contribution in [3.63, 3.8) is 0 Å². The van der Waals surface area contributed by atoms with Crippen LogP contribution in [0.25, 0.3) is 0 Å². The Balaban J connectivity index is 2.99. The first-order valence-corrected chi connectivity index (χ1v) is 5.91. The fourth-order valence-corrected chi connectivity index (χ4v) is 1.59. The Morgan fingerprint density at radius 1 is 1.56 bits per heavy atom. The van der Waals surface area contributed by atoms with Crippen LogP contribution in [-0.4, -0.2) is 18.7 Å². The van der Waals surface area contributed by atoms with E-state index >= 15 is 0 Å². The molecule has 1 rings (SSSR count). The highest BCUT2D eigenvalue weighted by molar-refractivity contribution is 9.10. The molecule has 0 unspecified atom stereocenters. The molecule has 0 aliphatic rings. The predicted molar refractivity (Wildman–Crippen MR) is 74.2 cm³/mol. The molecule has 0 fully saturated rings. The average molecular weight is 314 g/mol. The fourth-order valence-electron chi connectivity index (χ4n) is 1.29. The van der Waals surface area contributed by atoms with Crippen LogP contribution in [0.1, 0.15) is 5.56 Å². The highest BCUT2D eigenvalue weighted by Crippen LogP contribution is 2.24. The molecular weight excluding hydrogens is 301 g/mol. The molecule has 0 heterocycles. The van der Waals surface area contributed by atoms with E-state index in [0.717, 1.165) is 0 Å². The molecule has 1 aromatic carbocycles. The lowest BCUT2D eigenvalue weighted by atomic mass is 10.2. The number of benzene rings is 1. The number of carbonyl (C=O) groups excluding carboxylic acids is 1. The van der Waals surface area contributed by atoms with E-state index in [-0.39, 0.29) is 11.4 Å². The minimum Gasteiger partial charge on any atom is -0.405 e. The lowest BCUT2D eigenvalue weighted by Gasteiger charge is -2.09. The Kier molecular flexibility index (Phi) is 5.03. The van der Waals surface area contributed by atoms with Crippen LogP contribution >= 0.6 is 15.9 Å². The smallest absolute Gasteiger partial charge is 0.273 e. The van der Waals surface area contributed by atoms with Crippen molar-refractivity contribution in [1.29, 1.82) is 0 Å². The third-order valence-corrected chi connectivity index (χ3v) is 3.16. The molecule has 0 atom stereocenters. The quantitative estimate of drug-likeness (QED) is 0.841. The first-order chi connectivity index (χ1) is 8.51. The van der Waals surface area contributed by atoms with Gasteiger partial charge in [0.1, 0.15) is 5.71 Å². The van der Waals surface area contributed by atoms with Gasteiger partial charge in [0.15, 0.2) is 5.82 Å². The summed E-state index contributed by atoms with van der Waals surface area (Å²) in [7, 11) is 1.46. The number of anilines is 1. The maximum absolute atomic E-state index is 13.8. The van der Waals surface area contributed by atoms with E-state index in [0.29, 0.717) is 10.0 Å². The molecule has 0 saturated carbocycles. The van der Waals surface area contributed by atoms with Crippen LogP contribution in [0.2, 0.25) is 0 Å². The maximum Gasteiger partial charge on any atom is 0.273 e. The molecule has 6 heteroatoms. The first kappa shape index (κ1) is 14.4. The second kappa shape index (κ2) is 6.30. The molecule has 1 amide bonds. The van der Waals surface area contributed by atoms with E-state index in [1.165, 1.54) is 25.4 Å². The van der Waals surface area contributed by atoms with Gasteiger partial charge < -0.3 is 11.1 Å². The third-order valence-electron chi connectivity index (χ3n) is 2.30. The zero-order valence-electron chi connectivity index (χ0n) is 10.00. The van der Waals surface area contributed by atoms with Crippen molar-refractivity contribution in [2.24, 2.45) is 10.7 Å². The van der Waals surface area contributed by atoms with Gasteiger partial charge in [-0.2, -0.15) is 0 Å². The molecule has 18 heavy (non-hydrogen) atoms. The van der Waals surface area contributed by atoms with Gasteiger partial charge in [-0.25, -0.2) is 4.39 Å². The molecule has 0 spiro atoms. The largest absolute Gasteiger partial charge is 0.405 e. The van der Waals surface area contributed by atoms with Crippen molar-refractivity contribution < 1.29 is 9.18 Å². The molecule has 0 saturated heterocycles. The highest BCUT2D eigenvalue weighted by atomic mass is 79.9. The van der Waals surface area contributed by atoms with Crippen LogP contribution in [0.5, 0.6) is 0 Å². The summed E-state index contributed by atoms with van der Waals surface area (Å²) in [6.45, 7) is 1.61. The van der Waals surface area contributed by atoms with Crippen molar-refractivity contribution in [1.82, 2.24) is 0 Å². The highest BCUT2D eigenvalue weighted by Gasteiger charge is 2.13. The number of hydrogen-bond donors (Lipinski definition) is 2. The summed E-state index contributed by atoms with van der Waals surface area (Å²) in [6, 6.07) is 3.14. The van der Waals surface area contributed by atoms with Gasteiger partial charge in [-0.3, -0.25) is 9.79 Å². The van der Waals surface area contributed by atoms with E-state index in [1.54, 1.807) is 13.0 Å². The number of amides is 1. The summed E-state index contributed by atoms with van der Waals surface area (Å²) in [5, 5.41) is 2.44. The summed E-state index contributed by atoms with van der Waals surface area (Å²) in [6.07, 6.45) is 2.55. The van der Waals surface area contributed by atoms with Crippen molar-refractivity contribution >= 4 is 33.2 Å². The lowest BCUT2D eigenvalue weighted by molar-refractivity contribution is -0.110. The monoisotopic (exact) mass is 313 g/mol. The van der Waals surface area contributed by atoms with Gasteiger partial charge >= 0.3 is 0 Å². The Morgan fingerprint density at radius 2 is 2.22 bits per heavy atom. The van der Waals surface area contributed by atoms with Gasteiger partial charge in [0, 0.05) is 17.1 Å². The Hall–Kier alpha value is -1.69. The molecule has 1 aromatic rings. The van der Waals surface area contributed by atoms with E-state index < -0.39 is 11.7 Å². The van der Waals surface area contributed by atoms with E-state index in [9.17, 15) is 9.18 Å².